The maximum atomic E-state index is 12.1. The Labute approximate surface area is 117 Å². The van der Waals surface area contributed by atoms with Gasteiger partial charge in [-0.25, -0.2) is 4.79 Å². The Balaban J connectivity index is 2.21. The fourth-order valence-electron chi connectivity index (χ4n) is 2.07. The van der Waals surface area contributed by atoms with Gasteiger partial charge in [0.2, 0.25) is 0 Å². The third-order valence-electron chi connectivity index (χ3n) is 2.99. The van der Waals surface area contributed by atoms with Crippen LogP contribution in [0.1, 0.15) is 26.5 Å². The number of amides is 1. The van der Waals surface area contributed by atoms with Crippen LogP contribution in [0.3, 0.4) is 0 Å². The summed E-state index contributed by atoms with van der Waals surface area (Å²) in [6, 6.07) is 1.78. The number of fused-ring (bicyclic) bond motifs is 1. The summed E-state index contributed by atoms with van der Waals surface area (Å²) < 4.78 is 6.94. The van der Waals surface area contributed by atoms with E-state index in [1.165, 1.54) is 4.90 Å². The van der Waals surface area contributed by atoms with Crippen molar-refractivity contribution in [2.75, 3.05) is 6.54 Å². The normalized spacial score (nSPS) is 19.1. The zero-order chi connectivity index (χ0) is 14.9. The number of hydrogen-bond donors (Lipinski definition) is 1. The van der Waals surface area contributed by atoms with Crippen molar-refractivity contribution in [3.8, 4) is 0 Å². The Bertz CT molecular complexity index is 518. The van der Waals surface area contributed by atoms with E-state index in [4.69, 9.17) is 4.74 Å². The smallest absolute Gasteiger partial charge is 0.410 e. The number of carboxylic acids is 1. The highest BCUT2D eigenvalue weighted by Gasteiger charge is 2.31. The maximum absolute atomic E-state index is 12.1. The summed E-state index contributed by atoms with van der Waals surface area (Å²) in [4.78, 5) is 24.8. The molecule has 1 aromatic heterocycles. The SMILES string of the molecule is CC(C)(C)OC(=O)N1Cc2ccnn2C[C@@H](C(=O)O)C1. The first-order valence-electron chi connectivity index (χ1n) is 6.47. The van der Waals surface area contributed by atoms with Crippen LogP contribution in [0.4, 0.5) is 4.79 Å². The van der Waals surface area contributed by atoms with Gasteiger partial charge >= 0.3 is 12.1 Å². The minimum Gasteiger partial charge on any atom is -0.481 e. The second-order valence-electron chi connectivity index (χ2n) is 5.90. The Kier molecular flexibility index (Phi) is 3.69. The number of carbonyl (C=O) groups is 2. The number of carboxylic acid groups (broad SMARTS) is 1. The van der Waals surface area contributed by atoms with Crippen LogP contribution in [-0.4, -0.2) is 44.0 Å². The maximum Gasteiger partial charge on any atom is 0.410 e. The van der Waals surface area contributed by atoms with Crippen molar-refractivity contribution in [2.45, 2.75) is 39.5 Å². The van der Waals surface area contributed by atoms with Crippen molar-refractivity contribution in [2.24, 2.45) is 5.92 Å². The summed E-state index contributed by atoms with van der Waals surface area (Å²) in [5.41, 5.74) is 0.196. The van der Waals surface area contributed by atoms with Gasteiger partial charge in [0.05, 0.1) is 24.7 Å². The van der Waals surface area contributed by atoms with Gasteiger partial charge in [0.15, 0.2) is 0 Å². The van der Waals surface area contributed by atoms with E-state index in [9.17, 15) is 14.7 Å². The van der Waals surface area contributed by atoms with Gasteiger partial charge in [-0.1, -0.05) is 0 Å². The highest BCUT2D eigenvalue weighted by atomic mass is 16.6. The molecule has 0 radical (unpaired) electrons. The van der Waals surface area contributed by atoms with Crippen molar-refractivity contribution in [3.05, 3.63) is 18.0 Å². The lowest BCUT2D eigenvalue weighted by atomic mass is 10.1. The van der Waals surface area contributed by atoms with Crippen LogP contribution in [0.15, 0.2) is 12.3 Å². The molecule has 0 spiro atoms. The van der Waals surface area contributed by atoms with E-state index >= 15 is 0 Å². The average molecular weight is 281 g/mol. The molecule has 0 bridgehead atoms. The third-order valence-corrected chi connectivity index (χ3v) is 2.99. The predicted molar refractivity (Wildman–Crippen MR) is 70.0 cm³/mol. The fourth-order valence-corrected chi connectivity index (χ4v) is 2.07. The lowest BCUT2D eigenvalue weighted by Crippen LogP contribution is -2.40. The minimum absolute atomic E-state index is 0.119. The standard InChI is InChI=1S/C13H19N3O4/c1-13(2,3)20-12(19)15-6-9(11(17)18)7-16-10(8-15)4-5-14-16/h4-5,9H,6-8H2,1-3H3,(H,17,18)/t9-/m0/s1. The van der Waals surface area contributed by atoms with E-state index in [0.717, 1.165) is 5.69 Å². The molecule has 7 nitrogen and oxygen atoms in total. The summed E-state index contributed by atoms with van der Waals surface area (Å²) >= 11 is 0. The third kappa shape index (κ3) is 3.28. The molecule has 0 saturated heterocycles. The van der Waals surface area contributed by atoms with Gasteiger partial charge in [0, 0.05) is 12.7 Å². The van der Waals surface area contributed by atoms with Gasteiger partial charge < -0.3 is 14.7 Å². The van der Waals surface area contributed by atoms with Crippen LogP contribution < -0.4 is 0 Å². The van der Waals surface area contributed by atoms with Gasteiger partial charge in [0.25, 0.3) is 0 Å². The first-order chi connectivity index (χ1) is 9.26. The zero-order valence-electron chi connectivity index (χ0n) is 11.9. The van der Waals surface area contributed by atoms with Crippen LogP contribution in [0.5, 0.6) is 0 Å². The minimum atomic E-state index is -0.943. The number of aromatic nitrogens is 2. The molecule has 0 aromatic carbocycles. The highest BCUT2D eigenvalue weighted by Crippen LogP contribution is 2.19. The first-order valence-corrected chi connectivity index (χ1v) is 6.47. The quantitative estimate of drug-likeness (QED) is 0.839. The van der Waals surface area contributed by atoms with Crippen molar-refractivity contribution in [1.82, 2.24) is 14.7 Å². The molecule has 1 atom stereocenters. The average Bonchev–Trinajstić information content (AvgIpc) is 2.64. The Morgan fingerprint density at radius 3 is 2.70 bits per heavy atom. The molecule has 1 amide bonds. The molecular weight excluding hydrogens is 262 g/mol. The Hall–Kier alpha value is -2.05. The van der Waals surface area contributed by atoms with Gasteiger partial charge in [-0.05, 0) is 26.8 Å². The summed E-state index contributed by atoms with van der Waals surface area (Å²) in [6.45, 7) is 6.02. The molecule has 20 heavy (non-hydrogen) atoms. The Morgan fingerprint density at radius 1 is 1.40 bits per heavy atom. The molecule has 1 N–H and O–H groups in total. The number of nitrogens with zero attached hydrogens (tertiary/aromatic N) is 3. The molecule has 0 unspecified atom stereocenters. The fraction of sp³-hybridized carbons (Fsp3) is 0.615. The molecule has 7 heteroatoms. The van der Waals surface area contributed by atoms with Crippen LogP contribution in [0, 0.1) is 5.92 Å². The first kappa shape index (κ1) is 14.4. The highest BCUT2D eigenvalue weighted by molar-refractivity contribution is 5.73. The number of rotatable bonds is 1. The molecule has 0 saturated carbocycles. The Morgan fingerprint density at radius 2 is 2.10 bits per heavy atom. The number of ether oxygens (including phenoxy) is 1. The number of carbonyl (C=O) groups excluding carboxylic acids is 1. The van der Waals surface area contributed by atoms with E-state index in [1.54, 1.807) is 37.7 Å². The molecule has 1 aliphatic heterocycles. The van der Waals surface area contributed by atoms with Crippen molar-refractivity contribution in [3.63, 3.8) is 0 Å². The van der Waals surface area contributed by atoms with Crippen molar-refractivity contribution >= 4 is 12.1 Å². The summed E-state index contributed by atoms with van der Waals surface area (Å²) in [6.07, 6.45) is 1.10. The topological polar surface area (TPSA) is 84.7 Å². The second-order valence-corrected chi connectivity index (χ2v) is 5.90. The monoisotopic (exact) mass is 281 g/mol. The van der Waals surface area contributed by atoms with Crippen LogP contribution in [-0.2, 0) is 22.6 Å². The van der Waals surface area contributed by atoms with E-state index in [0.29, 0.717) is 6.54 Å². The van der Waals surface area contributed by atoms with Crippen molar-refractivity contribution in [1.29, 1.82) is 0 Å². The number of hydrogen-bond acceptors (Lipinski definition) is 4. The molecule has 0 aliphatic carbocycles. The summed E-state index contributed by atoms with van der Waals surface area (Å²) in [5, 5.41) is 13.3. The number of aliphatic carboxylic acids is 1. The van der Waals surface area contributed by atoms with Crippen LogP contribution in [0.25, 0.3) is 0 Å². The summed E-state index contributed by atoms with van der Waals surface area (Å²) in [7, 11) is 0. The van der Waals surface area contributed by atoms with Gasteiger partial charge in [-0.3, -0.25) is 9.48 Å². The predicted octanol–water partition coefficient (Wildman–Crippen LogP) is 1.33. The lowest BCUT2D eigenvalue weighted by molar-refractivity contribution is -0.142. The zero-order valence-corrected chi connectivity index (χ0v) is 11.9. The second kappa shape index (κ2) is 5.15. The summed E-state index contributed by atoms with van der Waals surface area (Å²) in [5.74, 6) is -1.63. The van der Waals surface area contributed by atoms with E-state index in [2.05, 4.69) is 5.10 Å². The molecule has 110 valence electrons. The molecule has 2 heterocycles. The molecular formula is C13H19N3O4. The van der Waals surface area contributed by atoms with Crippen LogP contribution in [0.2, 0.25) is 0 Å². The van der Waals surface area contributed by atoms with Crippen molar-refractivity contribution < 1.29 is 19.4 Å². The van der Waals surface area contributed by atoms with Gasteiger partial charge in [0.1, 0.15) is 5.60 Å². The molecule has 0 fully saturated rings. The molecule has 1 aromatic rings. The largest absolute Gasteiger partial charge is 0.481 e. The molecule has 2 rings (SSSR count). The molecule has 1 aliphatic rings. The van der Waals surface area contributed by atoms with Gasteiger partial charge in [-0.15, -0.1) is 0 Å². The lowest BCUT2D eigenvalue weighted by Gasteiger charge is -2.27. The van der Waals surface area contributed by atoms with E-state index < -0.39 is 23.6 Å². The van der Waals surface area contributed by atoms with Gasteiger partial charge in [-0.2, -0.15) is 5.10 Å². The van der Waals surface area contributed by atoms with E-state index in [1.807, 2.05) is 0 Å². The van der Waals surface area contributed by atoms with Crippen LogP contribution >= 0.6 is 0 Å². The van der Waals surface area contributed by atoms with E-state index in [-0.39, 0.29) is 13.1 Å².